The maximum Gasteiger partial charge on any atom is 0.267 e. The molecular weight excluding hydrogens is 660 g/mol. The van der Waals surface area contributed by atoms with Crippen LogP contribution >= 0.6 is 0 Å². The first kappa shape index (κ1) is 31.9. The van der Waals surface area contributed by atoms with E-state index in [2.05, 4.69) is 0 Å². The van der Waals surface area contributed by atoms with Gasteiger partial charge >= 0.3 is 0 Å². The van der Waals surface area contributed by atoms with Crippen LogP contribution < -0.4 is 31.8 Å². The zero-order chi connectivity index (χ0) is 35.9. The number of para-hydroxylation sites is 4. The largest absolute Gasteiger partial charge is 0.494 e. The number of benzene rings is 5. The van der Waals surface area contributed by atoms with Crippen LogP contribution in [0.3, 0.4) is 0 Å². The van der Waals surface area contributed by atoms with Crippen LogP contribution in [0.15, 0.2) is 149 Å². The first-order valence-electron chi connectivity index (χ1n) is 16.3. The molecule has 1 aliphatic heterocycles. The van der Waals surface area contributed by atoms with Crippen molar-refractivity contribution < 1.29 is 19.7 Å². The van der Waals surface area contributed by atoms with E-state index >= 15 is 0 Å². The summed E-state index contributed by atoms with van der Waals surface area (Å²) in [6.07, 6.45) is 0. The molecule has 7 aromatic rings. The maximum atomic E-state index is 15.0. The van der Waals surface area contributed by atoms with Crippen molar-refractivity contribution in [2.24, 2.45) is 0 Å². The fourth-order valence-corrected chi connectivity index (χ4v) is 6.62. The number of hydrogen-bond donors (Lipinski definition) is 4. The zero-order valence-electron chi connectivity index (χ0n) is 27.4. The third-order valence-electron chi connectivity index (χ3n) is 8.98. The van der Waals surface area contributed by atoms with Crippen LogP contribution in [0, 0.1) is 10.8 Å². The molecule has 0 atom stereocenters. The Balaban J connectivity index is 1.57. The fourth-order valence-electron chi connectivity index (χ4n) is 6.62. The van der Waals surface area contributed by atoms with Crippen molar-refractivity contribution in [2.45, 2.75) is 5.92 Å². The Labute approximate surface area is 295 Å². The highest BCUT2D eigenvalue weighted by molar-refractivity contribution is 5.56. The number of nitrogens with zero attached hydrogens (tertiary/aromatic N) is 4. The van der Waals surface area contributed by atoms with Gasteiger partial charge in [0.2, 0.25) is 29.8 Å². The number of rotatable bonds is 7. The summed E-state index contributed by atoms with van der Waals surface area (Å²) in [6, 6.07) is 39.1. The lowest BCUT2D eigenvalue weighted by Crippen LogP contribution is -2.44. The predicted octanol–water partition coefficient (Wildman–Crippen LogP) is 4.85. The normalized spacial score (nSPS) is 12.5. The van der Waals surface area contributed by atoms with Gasteiger partial charge in [-0.1, -0.05) is 78.9 Å². The van der Waals surface area contributed by atoms with Gasteiger partial charge in [0.05, 0.1) is 39.8 Å². The molecule has 0 bridgehead atoms. The molecule has 5 aromatic carbocycles. The lowest BCUT2D eigenvalue weighted by molar-refractivity contribution is 0.174. The minimum absolute atomic E-state index is 0.0509. The van der Waals surface area contributed by atoms with Gasteiger partial charge in [-0.2, -0.15) is 0 Å². The minimum Gasteiger partial charge on any atom is -0.494 e. The Bertz CT molecular complexity index is 2550. The monoisotopic (exact) mass is 690 g/mol. The Morgan fingerprint density at radius 3 is 1.27 bits per heavy atom. The van der Waals surface area contributed by atoms with Crippen molar-refractivity contribution in [1.82, 2.24) is 18.3 Å². The summed E-state index contributed by atoms with van der Waals surface area (Å²) in [5.41, 5.74) is -1.28. The lowest BCUT2D eigenvalue weighted by atomic mass is 9.86. The van der Waals surface area contributed by atoms with Crippen LogP contribution in [0.25, 0.3) is 22.7 Å². The third-order valence-corrected chi connectivity index (χ3v) is 8.98. The van der Waals surface area contributed by atoms with E-state index in [1.807, 2.05) is 0 Å². The second-order valence-corrected chi connectivity index (χ2v) is 12.0. The lowest BCUT2D eigenvalue weighted by Gasteiger charge is -2.25. The molecule has 0 aliphatic carbocycles. The van der Waals surface area contributed by atoms with Crippen LogP contribution in [-0.4, -0.2) is 35.3 Å². The van der Waals surface area contributed by atoms with Gasteiger partial charge in [0.1, 0.15) is 0 Å². The predicted molar refractivity (Wildman–Crippen MR) is 191 cm³/mol. The molecular formula is C40H30N6O6. The molecule has 1 aliphatic rings. The van der Waals surface area contributed by atoms with Crippen molar-refractivity contribution in [2.75, 3.05) is 6.79 Å². The van der Waals surface area contributed by atoms with Gasteiger partial charge in [0.25, 0.3) is 11.1 Å². The molecule has 0 saturated heterocycles. The summed E-state index contributed by atoms with van der Waals surface area (Å²) in [7, 11) is 0. The number of aromatic hydroxyl groups is 2. The summed E-state index contributed by atoms with van der Waals surface area (Å²) < 4.78 is 16.0. The maximum absolute atomic E-state index is 15.0. The van der Waals surface area contributed by atoms with E-state index < -0.39 is 28.8 Å². The number of nitrogens with one attached hydrogen (secondary N) is 2. The number of fused-ring (bicyclic) bond motifs is 1. The van der Waals surface area contributed by atoms with Crippen LogP contribution in [0.2, 0.25) is 0 Å². The molecule has 0 unspecified atom stereocenters. The molecule has 0 spiro atoms. The zero-order valence-corrected chi connectivity index (χ0v) is 27.4. The summed E-state index contributed by atoms with van der Waals surface area (Å²) in [6.45, 7) is -0.0509. The SMILES string of the molecule is N=c1n(-c2ccccc2)c(O)c(C(c2ccc3c(c2)OCO3)c2c(O)n(-c3ccccc3)c(=N)n(-c3ccccc3)c2=O)c(=O)n1-c1ccccc1. The van der Waals surface area contributed by atoms with E-state index in [9.17, 15) is 30.6 Å². The van der Waals surface area contributed by atoms with E-state index in [0.717, 1.165) is 9.13 Å². The smallest absolute Gasteiger partial charge is 0.267 e. The Morgan fingerprint density at radius 1 is 0.500 bits per heavy atom. The van der Waals surface area contributed by atoms with E-state index in [1.165, 1.54) is 9.13 Å². The van der Waals surface area contributed by atoms with Gasteiger partial charge in [-0.3, -0.25) is 29.5 Å². The van der Waals surface area contributed by atoms with Crippen molar-refractivity contribution in [3.05, 3.63) is 188 Å². The van der Waals surface area contributed by atoms with E-state index in [0.29, 0.717) is 34.2 Å². The Morgan fingerprint density at radius 2 is 0.865 bits per heavy atom. The van der Waals surface area contributed by atoms with Gasteiger partial charge in [-0.25, -0.2) is 9.13 Å². The standard InChI is InChI=1S/C40H30N6O6/c41-39-43(26-13-5-1-6-14-26)35(47)33(36(48)44(39)27-15-7-2-8-16-27)32(25-21-22-30-31(23-25)52-24-51-30)34-37(49)45(28-17-9-3-10-18-28)40(42)46(38(34)50)29-19-11-4-12-20-29/h1-23,32,41-42,47,49H,24H2. The molecule has 2 aromatic heterocycles. The highest BCUT2D eigenvalue weighted by Crippen LogP contribution is 2.42. The molecule has 12 nitrogen and oxygen atoms in total. The van der Waals surface area contributed by atoms with Crippen molar-refractivity contribution in [3.8, 4) is 46.0 Å². The highest BCUT2D eigenvalue weighted by Gasteiger charge is 2.36. The van der Waals surface area contributed by atoms with Gasteiger partial charge in [-0.05, 0) is 66.2 Å². The molecule has 4 N–H and O–H groups in total. The summed E-state index contributed by atoms with van der Waals surface area (Å²) >= 11 is 0. The topological polar surface area (TPSA) is 160 Å². The molecule has 8 rings (SSSR count). The first-order chi connectivity index (χ1) is 25.3. The minimum atomic E-state index is -1.48. The Kier molecular flexibility index (Phi) is 7.88. The number of ether oxygens (including phenoxy) is 2. The summed E-state index contributed by atoms with van der Waals surface area (Å²) in [5, 5.41) is 43.1. The van der Waals surface area contributed by atoms with E-state index in [4.69, 9.17) is 9.47 Å². The van der Waals surface area contributed by atoms with Crippen LogP contribution in [0.1, 0.15) is 22.6 Å². The summed E-state index contributed by atoms with van der Waals surface area (Å²) in [5.74, 6) is -1.97. The van der Waals surface area contributed by atoms with Gasteiger partial charge in [0.15, 0.2) is 11.5 Å². The Hall–Kier alpha value is -7.34. The molecule has 52 heavy (non-hydrogen) atoms. The van der Waals surface area contributed by atoms with Gasteiger partial charge in [-0.15, -0.1) is 0 Å². The average Bonchev–Trinajstić information content (AvgIpc) is 3.64. The second kappa shape index (κ2) is 12.8. The molecule has 3 heterocycles. The first-order valence-corrected chi connectivity index (χ1v) is 16.3. The quantitative estimate of drug-likeness (QED) is 0.187. The van der Waals surface area contributed by atoms with Crippen molar-refractivity contribution in [1.29, 1.82) is 10.8 Å². The number of aromatic nitrogens is 4. The average molecular weight is 691 g/mol. The van der Waals surface area contributed by atoms with E-state index in [1.54, 1.807) is 140 Å². The van der Waals surface area contributed by atoms with Crippen molar-refractivity contribution in [3.63, 3.8) is 0 Å². The third kappa shape index (κ3) is 5.17. The molecule has 0 radical (unpaired) electrons. The van der Waals surface area contributed by atoms with E-state index in [-0.39, 0.29) is 34.7 Å². The van der Waals surface area contributed by atoms with Gasteiger partial charge < -0.3 is 19.7 Å². The van der Waals surface area contributed by atoms with Crippen molar-refractivity contribution >= 4 is 0 Å². The van der Waals surface area contributed by atoms with Crippen LogP contribution in [-0.2, 0) is 0 Å². The van der Waals surface area contributed by atoms with Gasteiger partial charge in [0, 0.05) is 0 Å². The second-order valence-electron chi connectivity index (χ2n) is 12.0. The van der Waals surface area contributed by atoms with Crippen LogP contribution in [0.4, 0.5) is 0 Å². The number of hydrogen-bond acceptors (Lipinski definition) is 8. The summed E-state index contributed by atoms with van der Waals surface area (Å²) in [4.78, 5) is 30.0. The molecule has 0 saturated carbocycles. The molecule has 12 heteroatoms. The molecule has 0 fully saturated rings. The fraction of sp³-hybridized carbons (Fsp3) is 0.0500. The molecule has 256 valence electrons. The van der Waals surface area contributed by atoms with Crippen LogP contribution in [0.5, 0.6) is 23.3 Å². The molecule has 0 amide bonds. The highest BCUT2D eigenvalue weighted by atomic mass is 16.7.